The molecule has 16 heteroatoms. The van der Waals surface area contributed by atoms with E-state index in [9.17, 15) is 51.1 Å². The van der Waals surface area contributed by atoms with Gasteiger partial charge in [-0.3, -0.25) is 0 Å². The summed E-state index contributed by atoms with van der Waals surface area (Å²) in [6.45, 7) is 1.79. The first-order chi connectivity index (χ1) is 23.9. The Balaban J connectivity index is 1.15. The molecule has 0 aromatic heterocycles. The molecule has 0 radical (unpaired) electrons. The molecule has 276 valence electrons. The Labute approximate surface area is 287 Å². The molecular weight excluding hydrogens is 664 g/mol. The first-order valence-corrected chi connectivity index (χ1v) is 16.0. The lowest BCUT2D eigenvalue weighted by molar-refractivity contribution is -0.289. The van der Waals surface area contributed by atoms with Gasteiger partial charge >= 0.3 is 0 Å². The SMILES string of the molecule is C=C[C@@H](C=Cc1ccc(O[C@@H]2O[C@H](CO)[C@@H](O)[C@H](O)[C@H]2O)cc1)c1ccc(O[C@@H]2O[C@H](CO[C@@H]3OC[C@](O)(CO)[C@H]3O)[C@@H](O)[C@H](O)[C@H]2O)cc1. The van der Waals surface area contributed by atoms with Gasteiger partial charge in [-0.2, -0.15) is 0 Å². The fourth-order valence-electron chi connectivity index (χ4n) is 5.68. The topological polar surface area (TPSA) is 258 Å². The summed E-state index contributed by atoms with van der Waals surface area (Å²) in [5.74, 6) is 0.388. The van der Waals surface area contributed by atoms with Crippen LogP contribution in [0.5, 0.6) is 11.5 Å². The van der Waals surface area contributed by atoms with E-state index in [-0.39, 0.29) is 18.3 Å². The van der Waals surface area contributed by atoms with Crippen molar-refractivity contribution in [3.63, 3.8) is 0 Å². The van der Waals surface area contributed by atoms with Crippen molar-refractivity contribution in [2.24, 2.45) is 0 Å². The maximum Gasteiger partial charge on any atom is 0.229 e. The predicted octanol–water partition coefficient (Wildman–Crippen LogP) is -2.51. The quantitative estimate of drug-likeness (QED) is 0.0965. The fraction of sp³-hybridized carbons (Fsp3) is 0.529. The fourth-order valence-corrected chi connectivity index (χ4v) is 5.68. The molecular formula is C34H44O16. The summed E-state index contributed by atoms with van der Waals surface area (Å²) in [4.78, 5) is 0. The van der Waals surface area contributed by atoms with E-state index in [2.05, 4.69) is 6.58 Å². The highest BCUT2D eigenvalue weighted by Gasteiger charge is 2.50. The highest BCUT2D eigenvalue weighted by Crippen LogP contribution is 2.30. The van der Waals surface area contributed by atoms with E-state index in [1.165, 1.54) is 0 Å². The summed E-state index contributed by atoms with van der Waals surface area (Å²) in [7, 11) is 0. The van der Waals surface area contributed by atoms with E-state index < -0.39 is 99.2 Å². The number of aliphatic hydroxyl groups excluding tert-OH is 9. The van der Waals surface area contributed by atoms with Crippen LogP contribution in [0.4, 0.5) is 0 Å². The molecule has 3 aliphatic heterocycles. The lowest BCUT2D eigenvalue weighted by Crippen LogP contribution is -2.60. The Kier molecular flexibility index (Phi) is 12.6. The summed E-state index contributed by atoms with van der Waals surface area (Å²) in [6.07, 6.45) is -11.8. The van der Waals surface area contributed by atoms with Crippen LogP contribution in [0.15, 0.2) is 67.3 Å². The lowest BCUT2D eigenvalue weighted by Gasteiger charge is -2.40. The van der Waals surface area contributed by atoms with Crippen molar-refractivity contribution in [3.05, 3.63) is 78.4 Å². The number of allylic oxidation sites excluding steroid dienone is 2. The smallest absolute Gasteiger partial charge is 0.229 e. The van der Waals surface area contributed by atoms with Gasteiger partial charge in [-0.25, -0.2) is 0 Å². The Bertz CT molecular complexity index is 1400. The second-order valence-electron chi connectivity index (χ2n) is 12.4. The normalized spacial score (nSPS) is 38.2. The van der Waals surface area contributed by atoms with Crippen LogP contribution in [0.1, 0.15) is 17.0 Å². The van der Waals surface area contributed by atoms with Gasteiger partial charge in [0.2, 0.25) is 12.6 Å². The molecule has 16 nitrogen and oxygen atoms in total. The van der Waals surface area contributed by atoms with Crippen molar-refractivity contribution < 1.29 is 79.5 Å². The second kappa shape index (κ2) is 16.5. The maximum atomic E-state index is 10.5. The average molecular weight is 709 g/mol. The minimum atomic E-state index is -1.91. The van der Waals surface area contributed by atoms with E-state index in [4.69, 9.17) is 28.4 Å². The summed E-state index contributed by atoms with van der Waals surface area (Å²) in [6, 6.07) is 13.6. The number of ether oxygens (including phenoxy) is 6. The van der Waals surface area contributed by atoms with Gasteiger partial charge in [0, 0.05) is 5.92 Å². The summed E-state index contributed by atoms with van der Waals surface area (Å²) >= 11 is 0. The summed E-state index contributed by atoms with van der Waals surface area (Å²) in [5.41, 5.74) is -0.261. The molecule has 2 aromatic rings. The Morgan fingerprint density at radius 3 is 1.80 bits per heavy atom. The Morgan fingerprint density at radius 1 is 0.740 bits per heavy atom. The van der Waals surface area contributed by atoms with Gasteiger partial charge in [-0.15, -0.1) is 6.58 Å². The zero-order valence-electron chi connectivity index (χ0n) is 26.8. The molecule has 0 bridgehead atoms. The summed E-state index contributed by atoms with van der Waals surface area (Å²) in [5, 5.41) is 101. The summed E-state index contributed by atoms with van der Waals surface area (Å²) < 4.78 is 33.1. The van der Waals surface area contributed by atoms with Crippen molar-refractivity contribution in [2.45, 2.75) is 85.3 Å². The molecule has 10 N–H and O–H groups in total. The molecule has 0 saturated carbocycles. The zero-order chi connectivity index (χ0) is 36.2. The van der Waals surface area contributed by atoms with Crippen molar-refractivity contribution in [3.8, 4) is 11.5 Å². The maximum absolute atomic E-state index is 10.5. The van der Waals surface area contributed by atoms with Gasteiger partial charge in [0.15, 0.2) is 6.29 Å². The van der Waals surface area contributed by atoms with Gasteiger partial charge in [-0.05, 0) is 35.4 Å². The second-order valence-corrected chi connectivity index (χ2v) is 12.4. The monoisotopic (exact) mass is 708 g/mol. The molecule has 3 aliphatic rings. The van der Waals surface area contributed by atoms with E-state index in [0.29, 0.717) is 5.75 Å². The molecule has 5 rings (SSSR count). The first kappa shape index (κ1) is 38.2. The highest BCUT2D eigenvalue weighted by molar-refractivity contribution is 5.53. The zero-order valence-corrected chi connectivity index (χ0v) is 26.8. The Hall–Kier alpha value is -3.04. The van der Waals surface area contributed by atoms with E-state index in [1.54, 1.807) is 54.6 Å². The number of benzene rings is 2. The molecule has 14 atom stereocenters. The van der Waals surface area contributed by atoms with Crippen molar-refractivity contribution in [1.29, 1.82) is 0 Å². The van der Waals surface area contributed by atoms with E-state index >= 15 is 0 Å². The van der Waals surface area contributed by atoms with E-state index in [0.717, 1.165) is 11.1 Å². The van der Waals surface area contributed by atoms with Crippen LogP contribution in [-0.2, 0) is 18.9 Å². The van der Waals surface area contributed by atoms with Crippen molar-refractivity contribution in [1.82, 2.24) is 0 Å². The molecule has 0 amide bonds. The lowest BCUT2D eigenvalue weighted by atomic mass is 9.97. The standard InChI is InChI=1S/C34H44O16/c1-2-18(6-3-17-4-9-20(10-5-17)47-31-28(41)26(39)24(37)22(13-35)49-31)19-7-11-21(12-8-19)48-32-29(42)27(40)25(38)23(50-32)14-45-33-30(43)34(44,15-36)16-46-33/h2-12,18,22-33,35-44H,1,13-16H2/t18-,22+,23+,24+,25+,26-,27-,28+,29+,30-,31+,32+,33+,34+/m0/s1. The minimum Gasteiger partial charge on any atom is -0.462 e. The minimum absolute atomic E-state index is 0.222. The van der Waals surface area contributed by atoms with E-state index in [1.807, 2.05) is 12.2 Å². The molecule has 0 aliphatic carbocycles. The number of aliphatic hydroxyl groups is 10. The van der Waals surface area contributed by atoms with Crippen LogP contribution in [0, 0.1) is 0 Å². The van der Waals surface area contributed by atoms with Crippen LogP contribution in [0.25, 0.3) is 6.08 Å². The molecule has 3 saturated heterocycles. The molecule has 0 spiro atoms. The number of hydrogen-bond acceptors (Lipinski definition) is 16. The van der Waals surface area contributed by atoms with Gasteiger partial charge in [0.25, 0.3) is 0 Å². The van der Waals surface area contributed by atoms with Crippen LogP contribution >= 0.6 is 0 Å². The average Bonchev–Trinajstić information content (AvgIpc) is 3.42. The van der Waals surface area contributed by atoms with Crippen LogP contribution in [0.2, 0.25) is 0 Å². The third kappa shape index (κ3) is 8.36. The highest BCUT2D eigenvalue weighted by atomic mass is 16.7. The molecule has 3 heterocycles. The first-order valence-electron chi connectivity index (χ1n) is 16.0. The number of rotatable bonds is 13. The Morgan fingerprint density at radius 2 is 1.28 bits per heavy atom. The van der Waals surface area contributed by atoms with Crippen molar-refractivity contribution >= 4 is 6.08 Å². The van der Waals surface area contributed by atoms with Gasteiger partial charge in [-0.1, -0.05) is 42.5 Å². The van der Waals surface area contributed by atoms with Crippen molar-refractivity contribution in [2.75, 3.05) is 26.4 Å². The molecule has 50 heavy (non-hydrogen) atoms. The number of hydrogen-bond donors (Lipinski definition) is 10. The largest absolute Gasteiger partial charge is 0.462 e. The molecule has 2 aromatic carbocycles. The molecule has 3 fully saturated rings. The predicted molar refractivity (Wildman–Crippen MR) is 170 cm³/mol. The van der Waals surface area contributed by atoms with Gasteiger partial charge in [0.05, 0.1) is 26.4 Å². The van der Waals surface area contributed by atoms with Crippen LogP contribution < -0.4 is 9.47 Å². The third-order valence-corrected chi connectivity index (χ3v) is 8.92. The van der Waals surface area contributed by atoms with Crippen LogP contribution in [-0.4, -0.2) is 157 Å². The van der Waals surface area contributed by atoms with Gasteiger partial charge in [0.1, 0.15) is 72.0 Å². The van der Waals surface area contributed by atoms with Gasteiger partial charge < -0.3 is 79.5 Å². The van der Waals surface area contributed by atoms with Crippen LogP contribution in [0.3, 0.4) is 0 Å². The molecule has 0 unspecified atom stereocenters. The third-order valence-electron chi connectivity index (χ3n) is 8.92.